The van der Waals surface area contributed by atoms with E-state index in [4.69, 9.17) is 0 Å². The SMILES string of the molecule is CC1=NN(c2ccccc2)C(=O)[C@H]1Sc1ccccc1[N+](=O)[O-]. The zero-order valence-corrected chi connectivity index (χ0v) is 13.1. The van der Waals surface area contributed by atoms with Gasteiger partial charge in [-0.1, -0.05) is 42.1 Å². The van der Waals surface area contributed by atoms with Gasteiger partial charge in [0.1, 0.15) is 5.25 Å². The van der Waals surface area contributed by atoms with E-state index in [-0.39, 0.29) is 11.6 Å². The Labute approximate surface area is 137 Å². The number of benzene rings is 2. The van der Waals surface area contributed by atoms with Crippen LogP contribution < -0.4 is 5.01 Å². The van der Waals surface area contributed by atoms with Gasteiger partial charge in [-0.2, -0.15) is 10.1 Å². The number of nitro groups is 1. The van der Waals surface area contributed by atoms with Crippen molar-refractivity contribution in [2.45, 2.75) is 17.1 Å². The molecule has 0 aromatic heterocycles. The van der Waals surface area contributed by atoms with E-state index in [1.807, 2.05) is 18.2 Å². The van der Waals surface area contributed by atoms with Crippen molar-refractivity contribution >= 4 is 34.8 Å². The lowest BCUT2D eigenvalue weighted by Crippen LogP contribution is -2.29. The largest absolute Gasteiger partial charge is 0.282 e. The molecule has 1 atom stereocenters. The van der Waals surface area contributed by atoms with E-state index in [1.165, 1.54) is 11.1 Å². The summed E-state index contributed by atoms with van der Waals surface area (Å²) in [7, 11) is 0. The number of carbonyl (C=O) groups excluding carboxylic acids is 1. The smallest absolute Gasteiger partial charge is 0.271 e. The molecule has 0 radical (unpaired) electrons. The van der Waals surface area contributed by atoms with Crippen molar-refractivity contribution in [3.8, 4) is 0 Å². The summed E-state index contributed by atoms with van der Waals surface area (Å²) in [6.07, 6.45) is 0. The lowest BCUT2D eigenvalue weighted by atomic mass is 10.3. The molecule has 1 aliphatic heterocycles. The van der Waals surface area contributed by atoms with Crippen LogP contribution in [0.3, 0.4) is 0 Å². The molecular weight excluding hydrogens is 314 g/mol. The van der Waals surface area contributed by atoms with Gasteiger partial charge in [0.25, 0.3) is 11.6 Å². The number of hydrogen-bond acceptors (Lipinski definition) is 5. The minimum Gasteiger partial charge on any atom is -0.271 e. The van der Waals surface area contributed by atoms with Crippen LogP contribution in [0.25, 0.3) is 0 Å². The summed E-state index contributed by atoms with van der Waals surface area (Å²) in [4.78, 5) is 23.8. The normalized spacial score (nSPS) is 17.3. The van der Waals surface area contributed by atoms with Crippen LogP contribution in [0.4, 0.5) is 11.4 Å². The molecule has 0 saturated carbocycles. The van der Waals surface area contributed by atoms with Crippen molar-refractivity contribution in [2.24, 2.45) is 5.10 Å². The quantitative estimate of drug-likeness (QED) is 0.636. The highest BCUT2D eigenvalue weighted by Crippen LogP contribution is 2.36. The van der Waals surface area contributed by atoms with Crippen molar-refractivity contribution in [2.75, 3.05) is 5.01 Å². The molecule has 0 aliphatic carbocycles. The minimum absolute atomic E-state index is 0.00346. The Kier molecular flexibility index (Phi) is 4.12. The molecule has 7 heteroatoms. The van der Waals surface area contributed by atoms with Crippen LogP contribution >= 0.6 is 11.8 Å². The van der Waals surface area contributed by atoms with E-state index in [0.717, 1.165) is 11.8 Å². The first-order valence-electron chi connectivity index (χ1n) is 6.92. The van der Waals surface area contributed by atoms with Gasteiger partial charge >= 0.3 is 0 Å². The Morgan fingerprint density at radius 2 is 1.78 bits per heavy atom. The lowest BCUT2D eigenvalue weighted by molar-refractivity contribution is -0.387. The monoisotopic (exact) mass is 327 g/mol. The fourth-order valence-electron chi connectivity index (χ4n) is 2.27. The topological polar surface area (TPSA) is 75.8 Å². The minimum atomic E-state index is -0.559. The molecule has 0 N–H and O–H groups in total. The zero-order chi connectivity index (χ0) is 16.4. The molecule has 116 valence electrons. The first-order chi connectivity index (χ1) is 11.1. The second kappa shape index (κ2) is 6.21. The number of amides is 1. The Bertz CT molecular complexity index is 792. The molecule has 23 heavy (non-hydrogen) atoms. The number of carbonyl (C=O) groups is 1. The Morgan fingerprint density at radius 1 is 1.13 bits per heavy atom. The Hall–Kier alpha value is -2.67. The molecule has 6 nitrogen and oxygen atoms in total. The molecule has 0 unspecified atom stereocenters. The summed E-state index contributed by atoms with van der Waals surface area (Å²) in [5.74, 6) is -0.197. The fraction of sp³-hybridized carbons (Fsp3) is 0.125. The fourth-order valence-corrected chi connectivity index (χ4v) is 3.37. The van der Waals surface area contributed by atoms with Crippen molar-refractivity contribution in [3.63, 3.8) is 0 Å². The van der Waals surface area contributed by atoms with E-state index in [1.54, 1.807) is 37.3 Å². The van der Waals surface area contributed by atoms with Gasteiger partial charge in [-0.25, -0.2) is 0 Å². The maximum Gasteiger partial charge on any atom is 0.282 e. The van der Waals surface area contributed by atoms with Crippen LogP contribution in [-0.2, 0) is 4.79 Å². The third kappa shape index (κ3) is 2.95. The molecule has 0 spiro atoms. The number of thioether (sulfide) groups is 1. The van der Waals surface area contributed by atoms with Crippen molar-refractivity contribution in [1.29, 1.82) is 0 Å². The van der Waals surface area contributed by atoms with Gasteiger partial charge in [0.15, 0.2) is 0 Å². The second-order valence-electron chi connectivity index (χ2n) is 4.95. The summed E-state index contributed by atoms with van der Waals surface area (Å²) in [6, 6.07) is 15.5. The molecule has 2 aromatic carbocycles. The van der Waals surface area contributed by atoms with Gasteiger partial charge in [-0.15, -0.1) is 0 Å². The van der Waals surface area contributed by atoms with Gasteiger partial charge < -0.3 is 0 Å². The number of rotatable bonds is 4. The van der Waals surface area contributed by atoms with Gasteiger partial charge in [-0.05, 0) is 25.1 Å². The summed E-state index contributed by atoms with van der Waals surface area (Å²) in [5, 5.41) is 16.2. The van der Waals surface area contributed by atoms with Crippen LogP contribution in [0, 0.1) is 10.1 Å². The third-order valence-corrected chi connectivity index (χ3v) is 4.76. The average molecular weight is 327 g/mol. The predicted octanol–water partition coefficient (Wildman–Crippen LogP) is 3.48. The van der Waals surface area contributed by atoms with E-state index < -0.39 is 10.2 Å². The summed E-state index contributed by atoms with van der Waals surface area (Å²) in [5.41, 5.74) is 1.31. The maximum absolute atomic E-state index is 12.6. The van der Waals surface area contributed by atoms with E-state index in [9.17, 15) is 14.9 Å². The number of para-hydroxylation sites is 2. The van der Waals surface area contributed by atoms with Crippen LogP contribution in [0.2, 0.25) is 0 Å². The second-order valence-corrected chi connectivity index (χ2v) is 6.10. The first kappa shape index (κ1) is 15.2. The molecule has 0 fully saturated rings. The zero-order valence-electron chi connectivity index (χ0n) is 12.2. The molecule has 2 aromatic rings. The van der Waals surface area contributed by atoms with Crippen molar-refractivity contribution < 1.29 is 9.72 Å². The highest BCUT2D eigenvalue weighted by Gasteiger charge is 2.36. The van der Waals surface area contributed by atoms with Crippen LogP contribution in [0.1, 0.15) is 6.92 Å². The Morgan fingerprint density at radius 3 is 2.48 bits per heavy atom. The molecular formula is C16H13N3O3S. The number of nitrogens with zero attached hydrogens (tertiary/aromatic N) is 3. The van der Waals surface area contributed by atoms with Crippen molar-refractivity contribution in [3.05, 3.63) is 64.7 Å². The summed E-state index contributed by atoms with van der Waals surface area (Å²) in [6.45, 7) is 1.76. The van der Waals surface area contributed by atoms with E-state index in [2.05, 4.69) is 5.10 Å². The summed E-state index contributed by atoms with van der Waals surface area (Å²) < 4.78 is 0. The number of hydrazone groups is 1. The molecule has 0 bridgehead atoms. The van der Waals surface area contributed by atoms with Gasteiger partial charge in [0, 0.05) is 6.07 Å². The third-order valence-electron chi connectivity index (χ3n) is 3.38. The van der Waals surface area contributed by atoms with E-state index in [0.29, 0.717) is 16.3 Å². The molecule has 3 rings (SSSR count). The van der Waals surface area contributed by atoms with Gasteiger partial charge in [-0.3, -0.25) is 14.9 Å². The van der Waals surface area contributed by atoms with Crippen LogP contribution in [0.5, 0.6) is 0 Å². The molecule has 0 saturated heterocycles. The first-order valence-corrected chi connectivity index (χ1v) is 7.80. The highest BCUT2D eigenvalue weighted by atomic mass is 32.2. The predicted molar refractivity (Wildman–Crippen MR) is 89.8 cm³/mol. The van der Waals surface area contributed by atoms with Crippen LogP contribution in [-0.4, -0.2) is 21.8 Å². The average Bonchev–Trinajstić information content (AvgIpc) is 2.84. The molecule has 1 amide bonds. The molecule has 1 heterocycles. The lowest BCUT2D eigenvalue weighted by Gasteiger charge is -2.14. The summed E-state index contributed by atoms with van der Waals surface area (Å²) >= 11 is 1.16. The van der Waals surface area contributed by atoms with Gasteiger partial charge in [0.2, 0.25) is 0 Å². The maximum atomic E-state index is 12.6. The highest BCUT2D eigenvalue weighted by molar-refractivity contribution is 8.01. The Balaban J connectivity index is 1.87. The van der Waals surface area contributed by atoms with E-state index >= 15 is 0 Å². The van der Waals surface area contributed by atoms with Gasteiger partial charge in [0.05, 0.1) is 21.2 Å². The number of nitro benzene ring substituents is 1. The van der Waals surface area contributed by atoms with Crippen LogP contribution in [0.15, 0.2) is 64.6 Å². The molecule has 1 aliphatic rings. The van der Waals surface area contributed by atoms with Crippen molar-refractivity contribution in [1.82, 2.24) is 0 Å². The number of anilines is 1. The number of hydrogen-bond donors (Lipinski definition) is 0. The standard InChI is InChI=1S/C16H13N3O3S/c1-11-15(23-14-10-6-5-9-13(14)19(21)22)16(20)18(17-11)12-7-3-2-4-8-12/h2-10,15H,1H3/t15-/m0/s1.